The Balaban J connectivity index is 3.76. The van der Waals surface area contributed by atoms with Crippen LogP contribution in [0.15, 0.2) is 12.2 Å². The number of carbonyl (C=O) groups is 1. The molecule has 0 fully saturated rings. The maximum Gasteiger partial charge on any atom is 0.333 e. The van der Waals surface area contributed by atoms with Crippen LogP contribution in [0.5, 0.6) is 0 Å². The molecule has 0 radical (unpaired) electrons. The third-order valence-corrected chi connectivity index (χ3v) is 1.36. The van der Waals surface area contributed by atoms with Crippen LogP contribution in [0.4, 0.5) is 0 Å². The van der Waals surface area contributed by atoms with Crippen LogP contribution in [-0.4, -0.2) is 18.1 Å². The smallest absolute Gasteiger partial charge is 0.333 e. The minimum absolute atomic E-state index is 0.0536. The van der Waals surface area contributed by atoms with Gasteiger partial charge in [-0.2, -0.15) is 0 Å². The molecule has 0 aromatic heterocycles. The summed E-state index contributed by atoms with van der Waals surface area (Å²) in [6.45, 7) is 8.81. The van der Waals surface area contributed by atoms with Crippen molar-refractivity contribution in [1.82, 2.24) is 0 Å². The van der Waals surface area contributed by atoms with Crippen molar-refractivity contribution in [3.05, 3.63) is 12.2 Å². The highest BCUT2D eigenvalue weighted by Crippen LogP contribution is 2.03. The predicted molar refractivity (Wildman–Crippen MR) is 48.6 cm³/mol. The Morgan fingerprint density at radius 1 is 1.58 bits per heavy atom. The summed E-state index contributed by atoms with van der Waals surface area (Å²) in [5, 5.41) is 0. The monoisotopic (exact) mass is 171 g/mol. The molecular formula is C9H17NO2. The molecule has 0 saturated heterocycles. The molecule has 0 aromatic rings. The summed E-state index contributed by atoms with van der Waals surface area (Å²) in [6.07, 6.45) is 0.549. The SMILES string of the molecule is C=C(C)C(=O)OC(C)CC(C)N. The van der Waals surface area contributed by atoms with E-state index >= 15 is 0 Å². The normalized spacial score (nSPS) is 15.0. The van der Waals surface area contributed by atoms with Crippen molar-refractivity contribution < 1.29 is 9.53 Å². The molecule has 0 rings (SSSR count). The van der Waals surface area contributed by atoms with Gasteiger partial charge in [0.25, 0.3) is 0 Å². The van der Waals surface area contributed by atoms with Gasteiger partial charge < -0.3 is 10.5 Å². The number of rotatable bonds is 4. The molecule has 0 aliphatic heterocycles. The third-order valence-electron chi connectivity index (χ3n) is 1.36. The van der Waals surface area contributed by atoms with E-state index in [4.69, 9.17) is 10.5 Å². The van der Waals surface area contributed by atoms with Crippen LogP contribution in [0.25, 0.3) is 0 Å². The molecule has 2 atom stereocenters. The maximum absolute atomic E-state index is 11.0. The molecule has 12 heavy (non-hydrogen) atoms. The van der Waals surface area contributed by atoms with Gasteiger partial charge in [-0.3, -0.25) is 0 Å². The van der Waals surface area contributed by atoms with Crippen molar-refractivity contribution in [3.8, 4) is 0 Å². The van der Waals surface area contributed by atoms with E-state index in [0.717, 1.165) is 0 Å². The fourth-order valence-corrected chi connectivity index (χ4v) is 0.855. The molecule has 2 unspecified atom stereocenters. The number of hydrogen-bond acceptors (Lipinski definition) is 3. The fraction of sp³-hybridized carbons (Fsp3) is 0.667. The van der Waals surface area contributed by atoms with E-state index in [-0.39, 0.29) is 18.1 Å². The van der Waals surface area contributed by atoms with Gasteiger partial charge in [-0.05, 0) is 27.2 Å². The number of ether oxygens (including phenoxy) is 1. The summed E-state index contributed by atoms with van der Waals surface area (Å²) in [4.78, 5) is 11.0. The van der Waals surface area contributed by atoms with Crippen LogP contribution in [0.2, 0.25) is 0 Å². The number of hydrogen-bond donors (Lipinski definition) is 1. The first kappa shape index (κ1) is 11.2. The van der Waals surface area contributed by atoms with Gasteiger partial charge in [-0.1, -0.05) is 6.58 Å². The van der Waals surface area contributed by atoms with Gasteiger partial charge in [-0.15, -0.1) is 0 Å². The van der Waals surface area contributed by atoms with Crippen LogP contribution in [0, 0.1) is 0 Å². The molecule has 3 nitrogen and oxygen atoms in total. The Morgan fingerprint density at radius 3 is 2.42 bits per heavy atom. The Kier molecular flexibility index (Phi) is 4.59. The highest BCUT2D eigenvalue weighted by atomic mass is 16.5. The van der Waals surface area contributed by atoms with Crippen LogP contribution >= 0.6 is 0 Å². The molecule has 0 saturated carbocycles. The highest BCUT2D eigenvalue weighted by molar-refractivity contribution is 5.87. The zero-order valence-electron chi connectivity index (χ0n) is 7.96. The van der Waals surface area contributed by atoms with E-state index in [1.54, 1.807) is 6.92 Å². The van der Waals surface area contributed by atoms with Crippen LogP contribution < -0.4 is 5.73 Å². The van der Waals surface area contributed by atoms with Crippen molar-refractivity contribution >= 4 is 5.97 Å². The standard InChI is InChI=1S/C9H17NO2/c1-6(2)9(11)12-8(4)5-7(3)10/h7-8H,1,5,10H2,2-4H3. The average Bonchev–Trinajstić information content (AvgIpc) is 1.84. The number of carbonyl (C=O) groups excluding carboxylic acids is 1. The van der Waals surface area contributed by atoms with Gasteiger partial charge in [-0.25, -0.2) is 4.79 Å². The van der Waals surface area contributed by atoms with Crippen molar-refractivity contribution in [1.29, 1.82) is 0 Å². The first-order chi connectivity index (χ1) is 5.43. The van der Waals surface area contributed by atoms with E-state index in [1.807, 2.05) is 13.8 Å². The van der Waals surface area contributed by atoms with E-state index in [1.165, 1.54) is 0 Å². The molecule has 0 aliphatic rings. The quantitative estimate of drug-likeness (QED) is 0.511. The minimum atomic E-state index is -0.344. The third kappa shape index (κ3) is 4.91. The van der Waals surface area contributed by atoms with Crippen molar-refractivity contribution in [2.75, 3.05) is 0 Å². The van der Waals surface area contributed by atoms with Crippen LogP contribution in [-0.2, 0) is 9.53 Å². The lowest BCUT2D eigenvalue weighted by Crippen LogP contribution is -2.25. The lowest BCUT2D eigenvalue weighted by molar-refractivity contribution is -0.143. The summed E-state index contributed by atoms with van der Waals surface area (Å²) in [6, 6.07) is 0.0536. The fourth-order valence-electron chi connectivity index (χ4n) is 0.855. The molecule has 70 valence electrons. The molecule has 0 aromatic carbocycles. The lowest BCUT2D eigenvalue weighted by atomic mass is 10.2. The molecule has 0 spiro atoms. The summed E-state index contributed by atoms with van der Waals surface area (Å²) >= 11 is 0. The first-order valence-corrected chi connectivity index (χ1v) is 4.05. The predicted octanol–water partition coefficient (Wildman–Crippen LogP) is 1.23. The van der Waals surface area contributed by atoms with Gasteiger partial charge in [0.15, 0.2) is 0 Å². The van der Waals surface area contributed by atoms with Crippen molar-refractivity contribution in [2.24, 2.45) is 5.73 Å². The topological polar surface area (TPSA) is 52.3 Å². The van der Waals surface area contributed by atoms with E-state index in [9.17, 15) is 4.79 Å². The largest absolute Gasteiger partial charge is 0.459 e. The Hall–Kier alpha value is -0.830. The Morgan fingerprint density at radius 2 is 2.08 bits per heavy atom. The molecule has 0 aliphatic carbocycles. The Labute approximate surface area is 73.6 Å². The number of nitrogens with two attached hydrogens (primary N) is 1. The lowest BCUT2D eigenvalue weighted by Gasteiger charge is -2.14. The van der Waals surface area contributed by atoms with Crippen LogP contribution in [0.1, 0.15) is 27.2 Å². The van der Waals surface area contributed by atoms with Gasteiger partial charge in [0.1, 0.15) is 6.10 Å². The summed E-state index contributed by atoms with van der Waals surface area (Å²) in [5.41, 5.74) is 5.95. The molecule has 0 bridgehead atoms. The van der Waals surface area contributed by atoms with E-state index in [2.05, 4.69) is 6.58 Å². The van der Waals surface area contributed by atoms with E-state index in [0.29, 0.717) is 12.0 Å². The summed E-state index contributed by atoms with van der Waals surface area (Å²) < 4.78 is 5.00. The van der Waals surface area contributed by atoms with Crippen LogP contribution in [0.3, 0.4) is 0 Å². The van der Waals surface area contributed by atoms with Gasteiger partial charge in [0, 0.05) is 11.6 Å². The molecule has 2 N–H and O–H groups in total. The second-order valence-corrected chi connectivity index (χ2v) is 3.21. The first-order valence-electron chi connectivity index (χ1n) is 4.05. The average molecular weight is 171 g/mol. The van der Waals surface area contributed by atoms with Crippen molar-refractivity contribution in [3.63, 3.8) is 0 Å². The van der Waals surface area contributed by atoms with Gasteiger partial charge in [0.05, 0.1) is 0 Å². The molecule has 3 heteroatoms. The highest BCUT2D eigenvalue weighted by Gasteiger charge is 2.10. The zero-order chi connectivity index (χ0) is 9.72. The zero-order valence-corrected chi connectivity index (χ0v) is 7.96. The molecule has 0 amide bonds. The van der Waals surface area contributed by atoms with E-state index < -0.39 is 0 Å². The summed E-state index contributed by atoms with van der Waals surface area (Å²) in [5.74, 6) is -0.344. The summed E-state index contributed by atoms with van der Waals surface area (Å²) in [7, 11) is 0. The van der Waals surface area contributed by atoms with Gasteiger partial charge in [0.2, 0.25) is 0 Å². The maximum atomic E-state index is 11.0. The second kappa shape index (κ2) is 4.93. The second-order valence-electron chi connectivity index (χ2n) is 3.21. The Bertz CT molecular complexity index is 175. The van der Waals surface area contributed by atoms with Gasteiger partial charge >= 0.3 is 5.97 Å². The minimum Gasteiger partial charge on any atom is -0.459 e. The van der Waals surface area contributed by atoms with Crippen molar-refractivity contribution in [2.45, 2.75) is 39.3 Å². The number of esters is 1. The molecular weight excluding hydrogens is 154 g/mol. The molecule has 0 heterocycles.